The van der Waals surface area contributed by atoms with Crippen LogP contribution in [0, 0.1) is 5.92 Å². The number of thioether (sulfide) groups is 1. The molecule has 24 heavy (non-hydrogen) atoms. The van der Waals surface area contributed by atoms with Crippen LogP contribution in [0.1, 0.15) is 19.8 Å². The van der Waals surface area contributed by atoms with Crippen molar-refractivity contribution in [3.63, 3.8) is 0 Å². The number of nitrogens with one attached hydrogen (secondary N) is 1. The molecule has 1 amide bonds. The van der Waals surface area contributed by atoms with Crippen molar-refractivity contribution in [2.75, 3.05) is 31.1 Å². The highest BCUT2D eigenvalue weighted by molar-refractivity contribution is 7.99. The van der Waals surface area contributed by atoms with Gasteiger partial charge >= 0.3 is 0 Å². The van der Waals surface area contributed by atoms with E-state index in [9.17, 15) is 13.2 Å². The molecule has 0 bridgehead atoms. The molecule has 1 N–H and O–H groups in total. The summed E-state index contributed by atoms with van der Waals surface area (Å²) in [6, 6.07) is 7.58. The summed E-state index contributed by atoms with van der Waals surface area (Å²) in [4.78, 5) is 13.4. The molecule has 1 fully saturated rings. The molecule has 5 nitrogen and oxygen atoms in total. The lowest BCUT2D eigenvalue weighted by molar-refractivity contribution is -0.125. The Morgan fingerprint density at radius 2 is 2.08 bits per heavy atom. The van der Waals surface area contributed by atoms with Gasteiger partial charge in [0.2, 0.25) is 15.9 Å². The lowest BCUT2D eigenvalue weighted by Gasteiger charge is -2.30. The van der Waals surface area contributed by atoms with Crippen LogP contribution in [0.3, 0.4) is 0 Å². The number of benzene rings is 1. The summed E-state index contributed by atoms with van der Waals surface area (Å²) in [6.07, 6.45) is 1.47. The Labute approximate surface area is 153 Å². The van der Waals surface area contributed by atoms with Gasteiger partial charge in [-0.3, -0.25) is 4.79 Å². The second kappa shape index (κ2) is 9.08. The molecule has 1 atom stereocenters. The van der Waals surface area contributed by atoms with Gasteiger partial charge in [0, 0.05) is 35.3 Å². The number of amides is 1. The fourth-order valence-electron chi connectivity index (χ4n) is 2.61. The van der Waals surface area contributed by atoms with E-state index in [-0.39, 0.29) is 17.6 Å². The molecule has 2 rings (SSSR count). The molecule has 1 aromatic rings. The summed E-state index contributed by atoms with van der Waals surface area (Å²) in [5.41, 5.74) is 0. The molecule has 1 aliphatic rings. The van der Waals surface area contributed by atoms with Gasteiger partial charge in [0.15, 0.2) is 0 Å². The Morgan fingerprint density at radius 3 is 2.75 bits per heavy atom. The van der Waals surface area contributed by atoms with Crippen LogP contribution >= 0.6 is 23.4 Å². The lowest BCUT2D eigenvalue weighted by Crippen LogP contribution is -2.46. The fourth-order valence-corrected chi connectivity index (χ4v) is 4.68. The topological polar surface area (TPSA) is 66.5 Å². The number of sulfonamides is 1. The number of carbonyl (C=O) groups is 1. The second-order valence-corrected chi connectivity index (χ2v) is 9.55. The van der Waals surface area contributed by atoms with Gasteiger partial charge in [-0.1, -0.05) is 11.6 Å². The molecule has 0 saturated carbocycles. The summed E-state index contributed by atoms with van der Waals surface area (Å²) in [5, 5.41) is 3.62. The largest absolute Gasteiger partial charge is 0.355 e. The first-order chi connectivity index (χ1) is 11.4. The van der Waals surface area contributed by atoms with Crippen LogP contribution in [0.5, 0.6) is 0 Å². The van der Waals surface area contributed by atoms with Crippen molar-refractivity contribution in [3.05, 3.63) is 29.3 Å². The number of carbonyl (C=O) groups excluding carboxylic acids is 1. The molecular formula is C16H23ClN2O3S2. The molecule has 1 heterocycles. The molecule has 134 valence electrons. The zero-order valence-corrected chi connectivity index (χ0v) is 16.1. The van der Waals surface area contributed by atoms with E-state index in [1.807, 2.05) is 24.3 Å². The third kappa shape index (κ3) is 5.65. The molecule has 1 aliphatic heterocycles. The maximum Gasteiger partial charge on any atom is 0.224 e. The van der Waals surface area contributed by atoms with Crippen LogP contribution in [0.15, 0.2) is 29.2 Å². The quantitative estimate of drug-likeness (QED) is 0.574. The Hall–Kier alpha value is -0.760. The molecule has 1 aromatic carbocycles. The molecule has 1 saturated heterocycles. The Morgan fingerprint density at radius 1 is 1.38 bits per heavy atom. The fraction of sp³-hybridized carbons (Fsp3) is 0.562. The van der Waals surface area contributed by atoms with Crippen molar-refractivity contribution in [1.29, 1.82) is 0 Å². The van der Waals surface area contributed by atoms with Crippen LogP contribution in [-0.2, 0) is 14.8 Å². The normalized spacial score (nSPS) is 19.2. The van der Waals surface area contributed by atoms with E-state index in [4.69, 9.17) is 11.6 Å². The molecule has 0 radical (unpaired) electrons. The SMILES string of the molecule is CCS(=O)(=O)N1CCC[C@H](C(=O)NCCSc2ccc(Cl)cc2)C1. The first-order valence-electron chi connectivity index (χ1n) is 8.06. The average Bonchev–Trinajstić information content (AvgIpc) is 2.60. The molecular weight excluding hydrogens is 368 g/mol. The number of rotatable bonds is 7. The molecule has 8 heteroatoms. The van der Waals surface area contributed by atoms with Gasteiger partial charge in [-0.05, 0) is 44.0 Å². The van der Waals surface area contributed by atoms with Gasteiger partial charge in [0.25, 0.3) is 0 Å². The average molecular weight is 391 g/mol. The number of hydrogen-bond acceptors (Lipinski definition) is 4. The molecule has 0 aliphatic carbocycles. The summed E-state index contributed by atoms with van der Waals surface area (Å²) >= 11 is 7.49. The summed E-state index contributed by atoms with van der Waals surface area (Å²) in [7, 11) is -3.21. The maximum absolute atomic E-state index is 12.3. The van der Waals surface area contributed by atoms with E-state index in [1.54, 1.807) is 18.7 Å². The van der Waals surface area contributed by atoms with Gasteiger partial charge in [-0.2, -0.15) is 0 Å². The minimum atomic E-state index is -3.21. The summed E-state index contributed by atoms with van der Waals surface area (Å²) < 4.78 is 25.3. The van der Waals surface area contributed by atoms with Crippen LogP contribution < -0.4 is 5.32 Å². The third-order valence-corrected chi connectivity index (χ3v) is 7.11. The van der Waals surface area contributed by atoms with Crippen LogP contribution in [0.4, 0.5) is 0 Å². The van der Waals surface area contributed by atoms with Gasteiger partial charge in [0.1, 0.15) is 0 Å². The zero-order valence-electron chi connectivity index (χ0n) is 13.7. The number of halogens is 1. The van der Waals surface area contributed by atoms with Crippen molar-refractivity contribution in [2.45, 2.75) is 24.7 Å². The van der Waals surface area contributed by atoms with Gasteiger partial charge in [-0.15, -0.1) is 11.8 Å². The number of hydrogen-bond donors (Lipinski definition) is 1. The zero-order chi connectivity index (χ0) is 17.6. The number of nitrogens with zero attached hydrogens (tertiary/aromatic N) is 1. The minimum absolute atomic E-state index is 0.0530. The van der Waals surface area contributed by atoms with Crippen molar-refractivity contribution in [1.82, 2.24) is 9.62 Å². The van der Waals surface area contributed by atoms with Gasteiger partial charge < -0.3 is 5.32 Å². The predicted octanol–water partition coefficient (Wildman–Crippen LogP) is 2.61. The van der Waals surface area contributed by atoms with Gasteiger partial charge in [0.05, 0.1) is 11.7 Å². The third-order valence-electron chi connectivity index (χ3n) is 4.00. The first kappa shape index (κ1) is 19.6. The molecule has 0 aromatic heterocycles. The number of piperidine rings is 1. The predicted molar refractivity (Wildman–Crippen MR) is 98.9 cm³/mol. The van der Waals surface area contributed by atoms with E-state index in [0.717, 1.165) is 23.5 Å². The van der Waals surface area contributed by atoms with E-state index in [0.29, 0.717) is 24.7 Å². The lowest BCUT2D eigenvalue weighted by atomic mass is 9.99. The van der Waals surface area contributed by atoms with Crippen LogP contribution in [-0.4, -0.2) is 49.8 Å². The van der Waals surface area contributed by atoms with E-state index in [1.165, 1.54) is 4.31 Å². The second-order valence-electron chi connectivity index (χ2n) is 5.69. The standard InChI is InChI=1S/C16H23ClN2O3S2/c1-2-24(21,22)19-10-3-4-13(12-19)16(20)18-9-11-23-15-7-5-14(17)6-8-15/h5-8,13H,2-4,9-12H2,1H3,(H,18,20)/t13-/m0/s1. The monoisotopic (exact) mass is 390 g/mol. The Bertz CT molecular complexity index is 650. The highest BCUT2D eigenvalue weighted by Gasteiger charge is 2.31. The molecule has 0 spiro atoms. The Balaban J connectivity index is 1.75. The van der Waals surface area contributed by atoms with Crippen molar-refractivity contribution < 1.29 is 13.2 Å². The Kier molecular flexibility index (Phi) is 7.40. The van der Waals surface area contributed by atoms with E-state index < -0.39 is 10.0 Å². The van der Waals surface area contributed by atoms with Crippen LogP contribution in [0.2, 0.25) is 5.02 Å². The van der Waals surface area contributed by atoms with E-state index >= 15 is 0 Å². The minimum Gasteiger partial charge on any atom is -0.355 e. The van der Waals surface area contributed by atoms with Crippen molar-refractivity contribution >= 4 is 39.3 Å². The van der Waals surface area contributed by atoms with E-state index in [2.05, 4.69) is 5.32 Å². The summed E-state index contributed by atoms with van der Waals surface area (Å²) in [6.45, 7) is 3.01. The van der Waals surface area contributed by atoms with Gasteiger partial charge in [-0.25, -0.2) is 12.7 Å². The highest BCUT2D eigenvalue weighted by Crippen LogP contribution is 2.21. The maximum atomic E-state index is 12.3. The highest BCUT2D eigenvalue weighted by atomic mass is 35.5. The molecule has 0 unspecified atom stereocenters. The van der Waals surface area contributed by atoms with Crippen molar-refractivity contribution in [2.24, 2.45) is 5.92 Å². The van der Waals surface area contributed by atoms with Crippen molar-refractivity contribution in [3.8, 4) is 0 Å². The summed E-state index contributed by atoms with van der Waals surface area (Å²) in [5.74, 6) is 0.541. The smallest absolute Gasteiger partial charge is 0.224 e. The first-order valence-corrected chi connectivity index (χ1v) is 11.0. The van der Waals surface area contributed by atoms with Crippen LogP contribution in [0.25, 0.3) is 0 Å².